The summed E-state index contributed by atoms with van der Waals surface area (Å²) in [6.45, 7) is 0. The molecule has 0 saturated carbocycles. The molecule has 0 bridgehead atoms. The molecule has 1 aromatic heterocycles. The summed E-state index contributed by atoms with van der Waals surface area (Å²) in [4.78, 5) is 15.4. The fourth-order valence-corrected chi connectivity index (χ4v) is 1.35. The lowest BCUT2D eigenvalue weighted by molar-refractivity contribution is 0.0721. The molecule has 86 valence electrons. The minimum absolute atomic E-state index is 0.113. The Hall–Kier alpha value is -1.94. The first-order valence-electron chi connectivity index (χ1n) is 4.75. The van der Waals surface area contributed by atoms with Gasteiger partial charge in [0.15, 0.2) is 11.6 Å². The number of pyridine rings is 1. The number of benzene rings is 1. The minimum atomic E-state index is -0.716. The zero-order valence-corrected chi connectivity index (χ0v) is 9.32. The van der Waals surface area contributed by atoms with E-state index in [1.54, 1.807) is 12.1 Å². The van der Waals surface area contributed by atoms with Gasteiger partial charge in [-0.3, -0.25) is 0 Å². The standard InChI is InChI=1S/C12H7ClFNO2/c13-8-4-5-11(9(14)7-8)17-12(16)10-3-1-2-6-15-10/h1-7H. The van der Waals surface area contributed by atoms with Crippen LogP contribution in [0, 0.1) is 5.82 Å². The van der Waals surface area contributed by atoms with Gasteiger partial charge in [-0.25, -0.2) is 14.2 Å². The van der Waals surface area contributed by atoms with Gasteiger partial charge in [0.2, 0.25) is 0 Å². The van der Waals surface area contributed by atoms with E-state index in [4.69, 9.17) is 16.3 Å². The van der Waals surface area contributed by atoms with Crippen molar-refractivity contribution in [2.75, 3.05) is 0 Å². The molecule has 1 aromatic carbocycles. The third-order valence-electron chi connectivity index (χ3n) is 1.97. The molecule has 0 unspecified atom stereocenters. The molecule has 0 aliphatic heterocycles. The molecule has 0 saturated heterocycles. The Morgan fingerprint density at radius 2 is 2.12 bits per heavy atom. The lowest BCUT2D eigenvalue weighted by Gasteiger charge is -2.04. The summed E-state index contributed by atoms with van der Waals surface area (Å²) in [6.07, 6.45) is 1.45. The first-order valence-corrected chi connectivity index (χ1v) is 5.13. The van der Waals surface area contributed by atoms with E-state index in [1.807, 2.05) is 0 Å². The van der Waals surface area contributed by atoms with Crippen molar-refractivity contribution < 1.29 is 13.9 Å². The fraction of sp³-hybridized carbons (Fsp3) is 0. The lowest BCUT2D eigenvalue weighted by atomic mass is 10.3. The molecule has 0 N–H and O–H groups in total. The van der Waals surface area contributed by atoms with E-state index in [0.717, 1.165) is 6.07 Å². The van der Waals surface area contributed by atoms with Gasteiger partial charge in [-0.15, -0.1) is 0 Å². The van der Waals surface area contributed by atoms with Crippen LogP contribution in [0.5, 0.6) is 5.75 Å². The molecule has 0 aliphatic carbocycles. The number of aromatic nitrogens is 1. The smallest absolute Gasteiger partial charge is 0.362 e. The van der Waals surface area contributed by atoms with Gasteiger partial charge in [0.05, 0.1) is 0 Å². The second-order valence-corrected chi connectivity index (χ2v) is 3.62. The van der Waals surface area contributed by atoms with Gasteiger partial charge in [-0.1, -0.05) is 17.7 Å². The lowest BCUT2D eigenvalue weighted by Crippen LogP contribution is -2.10. The second kappa shape index (κ2) is 4.93. The Morgan fingerprint density at radius 1 is 1.29 bits per heavy atom. The van der Waals surface area contributed by atoms with Crippen LogP contribution in [0.1, 0.15) is 10.5 Å². The zero-order chi connectivity index (χ0) is 12.3. The average Bonchev–Trinajstić information content (AvgIpc) is 2.34. The van der Waals surface area contributed by atoms with Gasteiger partial charge in [0.25, 0.3) is 0 Å². The van der Waals surface area contributed by atoms with E-state index in [-0.39, 0.29) is 16.5 Å². The molecule has 0 spiro atoms. The van der Waals surface area contributed by atoms with Crippen molar-refractivity contribution in [2.24, 2.45) is 0 Å². The SMILES string of the molecule is O=C(Oc1ccc(Cl)cc1F)c1ccccn1. The average molecular weight is 252 g/mol. The summed E-state index contributed by atoms with van der Waals surface area (Å²) < 4.78 is 18.2. The molecule has 1 heterocycles. The Morgan fingerprint density at radius 3 is 2.76 bits per heavy atom. The van der Waals surface area contributed by atoms with Crippen LogP contribution in [-0.2, 0) is 0 Å². The van der Waals surface area contributed by atoms with Crippen molar-refractivity contribution in [1.82, 2.24) is 4.98 Å². The van der Waals surface area contributed by atoms with Crippen molar-refractivity contribution in [1.29, 1.82) is 0 Å². The topological polar surface area (TPSA) is 39.2 Å². The molecule has 2 aromatic rings. The molecule has 0 amide bonds. The van der Waals surface area contributed by atoms with E-state index in [2.05, 4.69) is 4.98 Å². The number of halogens is 2. The highest BCUT2D eigenvalue weighted by Gasteiger charge is 2.12. The summed E-state index contributed by atoms with van der Waals surface area (Å²) in [6, 6.07) is 8.59. The molecule has 0 atom stereocenters. The predicted octanol–water partition coefficient (Wildman–Crippen LogP) is 3.09. The summed E-state index contributed by atoms with van der Waals surface area (Å²) in [5.74, 6) is -1.58. The first kappa shape index (κ1) is 11.5. The molecule has 0 aliphatic rings. The Labute approximate surface area is 102 Å². The maximum atomic E-state index is 13.3. The number of rotatable bonds is 2. The first-order chi connectivity index (χ1) is 8.16. The van der Waals surface area contributed by atoms with Crippen LogP contribution in [0.3, 0.4) is 0 Å². The molecule has 5 heteroatoms. The maximum absolute atomic E-state index is 13.3. The maximum Gasteiger partial charge on any atom is 0.362 e. The van der Waals surface area contributed by atoms with Gasteiger partial charge in [0.1, 0.15) is 5.69 Å². The normalized spacial score (nSPS) is 10.0. The Kier molecular flexibility index (Phi) is 3.35. The molecule has 3 nitrogen and oxygen atoms in total. The number of carbonyl (C=O) groups is 1. The zero-order valence-electron chi connectivity index (χ0n) is 8.56. The van der Waals surface area contributed by atoms with Gasteiger partial charge < -0.3 is 4.74 Å². The summed E-state index contributed by atoms with van der Waals surface area (Å²) in [5, 5.41) is 0.236. The highest BCUT2D eigenvalue weighted by atomic mass is 35.5. The number of hydrogen-bond donors (Lipinski definition) is 0. The number of esters is 1. The van der Waals surface area contributed by atoms with E-state index in [9.17, 15) is 9.18 Å². The number of nitrogens with zero attached hydrogens (tertiary/aromatic N) is 1. The van der Waals surface area contributed by atoms with E-state index >= 15 is 0 Å². The number of hydrogen-bond acceptors (Lipinski definition) is 3. The van der Waals surface area contributed by atoms with E-state index in [0.29, 0.717) is 0 Å². The van der Waals surface area contributed by atoms with Crippen LogP contribution in [0.15, 0.2) is 42.6 Å². The van der Waals surface area contributed by atoms with Gasteiger partial charge in [-0.2, -0.15) is 0 Å². The number of carbonyl (C=O) groups excluding carboxylic acids is 1. The quantitative estimate of drug-likeness (QED) is 0.608. The van der Waals surface area contributed by atoms with Gasteiger partial charge >= 0.3 is 5.97 Å². The van der Waals surface area contributed by atoms with Crippen LogP contribution >= 0.6 is 11.6 Å². The molecular formula is C12H7ClFNO2. The van der Waals surface area contributed by atoms with Crippen LogP contribution in [0.4, 0.5) is 4.39 Å². The Balaban J connectivity index is 2.19. The molecular weight excluding hydrogens is 245 g/mol. The van der Waals surface area contributed by atoms with Crippen molar-refractivity contribution in [3.63, 3.8) is 0 Å². The summed E-state index contributed by atoms with van der Waals surface area (Å²) in [5.41, 5.74) is 0.113. The van der Waals surface area contributed by atoms with Crippen molar-refractivity contribution in [2.45, 2.75) is 0 Å². The highest BCUT2D eigenvalue weighted by Crippen LogP contribution is 2.21. The van der Waals surface area contributed by atoms with Gasteiger partial charge in [0, 0.05) is 11.2 Å². The fourth-order valence-electron chi connectivity index (χ4n) is 1.19. The van der Waals surface area contributed by atoms with Crippen LogP contribution in [0.25, 0.3) is 0 Å². The summed E-state index contributed by atoms with van der Waals surface area (Å²) in [7, 11) is 0. The highest BCUT2D eigenvalue weighted by molar-refractivity contribution is 6.30. The van der Waals surface area contributed by atoms with Crippen LogP contribution < -0.4 is 4.74 Å². The molecule has 17 heavy (non-hydrogen) atoms. The van der Waals surface area contributed by atoms with Crippen LogP contribution in [0.2, 0.25) is 5.02 Å². The second-order valence-electron chi connectivity index (χ2n) is 3.18. The van der Waals surface area contributed by atoms with Crippen LogP contribution in [-0.4, -0.2) is 11.0 Å². The molecule has 2 rings (SSSR count). The number of ether oxygens (including phenoxy) is 1. The van der Waals surface area contributed by atoms with Crippen molar-refractivity contribution in [3.05, 3.63) is 59.1 Å². The summed E-state index contributed by atoms with van der Waals surface area (Å²) >= 11 is 5.58. The van der Waals surface area contributed by atoms with E-state index < -0.39 is 11.8 Å². The van der Waals surface area contributed by atoms with Gasteiger partial charge in [-0.05, 0) is 30.3 Å². The predicted molar refractivity (Wildman–Crippen MR) is 60.6 cm³/mol. The third-order valence-corrected chi connectivity index (χ3v) is 2.21. The van der Waals surface area contributed by atoms with Crippen molar-refractivity contribution >= 4 is 17.6 Å². The van der Waals surface area contributed by atoms with Crippen molar-refractivity contribution in [3.8, 4) is 5.75 Å². The molecule has 0 radical (unpaired) electrons. The largest absolute Gasteiger partial charge is 0.419 e. The minimum Gasteiger partial charge on any atom is -0.419 e. The third kappa shape index (κ3) is 2.79. The van der Waals surface area contributed by atoms with E-state index in [1.165, 1.54) is 24.4 Å². The monoisotopic (exact) mass is 251 g/mol. The Bertz CT molecular complexity index is 545. The molecule has 0 fully saturated rings.